The molecule has 0 fully saturated rings. The Bertz CT molecular complexity index is 1130. The van der Waals surface area contributed by atoms with Crippen LogP contribution in [0.2, 0.25) is 0 Å². The predicted octanol–water partition coefficient (Wildman–Crippen LogP) is 5.11. The molecule has 1 aromatic heterocycles. The molecule has 10 heteroatoms. The van der Waals surface area contributed by atoms with E-state index in [1.807, 2.05) is 47.0 Å². The molecule has 3 aromatic rings. The monoisotopic (exact) mass is 531 g/mol. The average Bonchev–Trinajstić information content (AvgIpc) is 3.29. The molecule has 0 saturated carbocycles. The van der Waals surface area contributed by atoms with E-state index < -0.39 is 0 Å². The van der Waals surface area contributed by atoms with Crippen molar-refractivity contribution in [2.24, 2.45) is 0 Å². The highest BCUT2D eigenvalue weighted by atomic mass is 32.1. The number of ether oxygens (including phenoxy) is 5. The van der Waals surface area contributed by atoms with Crippen molar-refractivity contribution in [3.8, 4) is 28.7 Å². The molecule has 0 N–H and O–H groups in total. The van der Waals surface area contributed by atoms with Gasteiger partial charge in [-0.05, 0) is 60.0 Å². The number of aromatic nitrogens is 1. The second-order valence-electron chi connectivity index (χ2n) is 8.39. The molecule has 0 radical (unpaired) electrons. The zero-order valence-electron chi connectivity index (χ0n) is 22.8. The number of carbonyl (C=O) groups excluding carboxylic acids is 1. The van der Waals surface area contributed by atoms with E-state index in [2.05, 4.69) is 4.90 Å². The molecule has 2 aromatic carbocycles. The minimum absolute atomic E-state index is 0.193. The Labute approximate surface area is 222 Å². The van der Waals surface area contributed by atoms with Crippen LogP contribution in [-0.4, -0.2) is 77.0 Å². The molecular weight excluding hydrogens is 494 g/mol. The fraction of sp³-hybridized carbons (Fsp3) is 0.481. The SMILES string of the molecule is CCOc1cc(C(=O)N(CCCN(C)C)c2nc3cc(OC)c(OC)cc3s2)cc(OCC)c1OCC. The van der Waals surface area contributed by atoms with Crippen molar-refractivity contribution < 1.29 is 28.5 Å². The van der Waals surface area contributed by atoms with Crippen molar-refractivity contribution >= 4 is 32.6 Å². The molecule has 0 aliphatic heterocycles. The Kier molecular flexibility index (Phi) is 10.2. The summed E-state index contributed by atoms with van der Waals surface area (Å²) in [7, 11) is 7.21. The quantitative estimate of drug-likeness (QED) is 0.284. The molecule has 0 aliphatic carbocycles. The van der Waals surface area contributed by atoms with Gasteiger partial charge in [0, 0.05) is 24.2 Å². The first-order valence-electron chi connectivity index (χ1n) is 12.4. The molecule has 0 saturated heterocycles. The molecule has 1 amide bonds. The summed E-state index contributed by atoms with van der Waals surface area (Å²) in [4.78, 5) is 22.6. The molecule has 0 atom stereocenters. The van der Waals surface area contributed by atoms with Crippen LogP contribution in [0.15, 0.2) is 24.3 Å². The normalized spacial score (nSPS) is 11.0. The van der Waals surface area contributed by atoms with Crippen LogP contribution in [-0.2, 0) is 0 Å². The van der Waals surface area contributed by atoms with Crippen LogP contribution in [0.3, 0.4) is 0 Å². The van der Waals surface area contributed by atoms with Crippen LogP contribution in [0.4, 0.5) is 5.13 Å². The molecule has 37 heavy (non-hydrogen) atoms. The number of carbonyl (C=O) groups is 1. The van der Waals surface area contributed by atoms with Gasteiger partial charge in [0.1, 0.15) is 0 Å². The van der Waals surface area contributed by atoms with Gasteiger partial charge >= 0.3 is 0 Å². The van der Waals surface area contributed by atoms with E-state index in [9.17, 15) is 4.79 Å². The van der Waals surface area contributed by atoms with E-state index in [-0.39, 0.29) is 5.91 Å². The Hall–Kier alpha value is -3.24. The number of thiazole rings is 1. The number of methoxy groups -OCH3 is 2. The van der Waals surface area contributed by atoms with Gasteiger partial charge in [0.15, 0.2) is 28.1 Å². The van der Waals surface area contributed by atoms with Gasteiger partial charge in [-0.2, -0.15) is 0 Å². The van der Waals surface area contributed by atoms with Gasteiger partial charge in [-0.25, -0.2) is 4.98 Å². The minimum Gasteiger partial charge on any atom is -0.493 e. The third kappa shape index (κ3) is 6.75. The largest absolute Gasteiger partial charge is 0.493 e. The third-order valence-electron chi connectivity index (χ3n) is 5.50. The summed E-state index contributed by atoms with van der Waals surface area (Å²) in [6.07, 6.45) is 0.773. The Balaban J connectivity index is 2.08. The Morgan fingerprint density at radius 3 is 1.97 bits per heavy atom. The minimum atomic E-state index is -0.193. The lowest BCUT2D eigenvalue weighted by Gasteiger charge is -2.22. The van der Waals surface area contributed by atoms with Gasteiger partial charge in [-0.1, -0.05) is 11.3 Å². The van der Waals surface area contributed by atoms with Gasteiger partial charge < -0.3 is 28.6 Å². The number of hydrogen-bond donors (Lipinski definition) is 0. The van der Waals surface area contributed by atoms with E-state index in [4.69, 9.17) is 28.7 Å². The zero-order valence-corrected chi connectivity index (χ0v) is 23.6. The highest BCUT2D eigenvalue weighted by molar-refractivity contribution is 7.22. The highest BCUT2D eigenvalue weighted by Gasteiger charge is 2.25. The maximum Gasteiger partial charge on any atom is 0.260 e. The standard InChI is InChI=1S/C27H37N3O6S/c1-8-34-22-14-18(15-23(35-9-2)25(22)36-10-3)26(31)30(13-11-12-29(4)5)27-28-19-16-20(32-6)21(33-7)17-24(19)37-27/h14-17H,8-13H2,1-7H3. The molecule has 0 aliphatic rings. The van der Waals surface area contributed by atoms with Crippen LogP contribution >= 0.6 is 11.3 Å². The first-order valence-corrected chi connectivity index (χ1v) is 13.2. The Morgan fingerprint density at radius 2 is 1.43 bits per heavy atom. The fourth-order valence-electron chi connectivity index (χ4n) is 3.86. The summed E-state index contributed by atoms with van der Waals surface area (Å²) in [6.45, 7) is 8.30. The first-order chi connectivity index (χ1) is 17.9. The van der Waals surface area contributed by atoms with Crippen LogP contribution in [0.5, 0.6) is 28.7 Å². The van der Waals surface area contributed by atoms with E-state index in [1.165, 1.54) is 11.3 Å². The number of rotatable bonds is 14. The number of benzene rings is 2. The van der Waals surface area contributed by atoms with Gasteiger partial charge in [-0.3, -0.25) is 9.69 Å². The second-order valence-corrected chi connectivity index (χ2v) is 9.39. The molecule has 0 spiro atoms. The van der Waals surface area contributed by atoms with E-state index in [0.29, 0.717) is 65.8 Å². The van der Waals surface area contributed by atoms with E-state index >= 15 is 0 Å². The lowest BCUT2D eigenvalue weighted by Crippen LogP contribution is -2.33. The predicted molar refractivity (Wildman–Crippen MR) is 148 cm³/mol. The number of nitrogens with zero attached hydrogens (tertiary/aromatic N) is 3. The summed E-state index contributed by atoms with van der Waals surface area (Å²) in [6, 6.07) is 7.15. The second kappa shape index (κ2) is 13.3. The summed E-state index contributed by atoms with van der Waals surface area (Å²) < 4.78 is 29.3. The van der Waals surface area contributed by atoms with E-state index in [0.717, 1.165) is 23.2 Å². The van der Waals surface area contributed by atoms with Crippen LogP contribution in [0, 0.1) is 0 Å². The van der Waals surface area contributed by atoms with Crippen molar-refractivity contribution in [2.45, 2.75) is 27.2 Å². The van der Waals surface area contributed by atoms with Gasteiger partial charge in [0.05, 0.1) is 44.3 Å². The zero-order chi connectivity index (χ0) is 26.9. The third-order valence-corrected chi connectivity index (χ3v) is 6.54. The smallest absolute Gasteiger partial charge is 0.260 e. The van der Waals surface area contributed by atoms with Crippen LogP contribution in [0.1, 0.15) is 37.6 Å². The summed E-state index contributed by atoms with van der Waals surface area (Å²) in [5.74, 6) is 2.47. The maximum absolute atomic E-state index is 14.0. The highest BCUT2D eigenvalue weighted by Crippen LogP contribution is 2.41. The summed E-state index contributed by atoms with van der Waals surface area (Å²) >= 11 is 1.43. The molecule has 0 bridgehead atoms. The van der Waals surface area contributed by atoms with Gasteiger partial charge in [0.2, 0.25) is 5.75 Å². The van der Waals surface area contributed by atoms with Crippen molar-refractivity contribution in [3.05, 3.63) is 29.8 Å². The van der Waals surface area contributed by atoms with Crippen molar-refractivity contribution in [1.82, 2.24) is 9.88 Å². The number of anilines is 1. The molecule has 1 heterocycles. The van der Waals surface area contributed by atoms with E-state index in [1.54, 1.807) is 31.3 Å². The van der Waals surface area contributed by atoms with Crippen LogP contribution in [0.25, 0.3) is 10.2 Å². The topological polar surface area (TPSA) is 82.6 Å². The summed E-state index contributed by atoms with van der Waals surface area (Å²) in [5, 5.41) is 0.596. The van der Waals surface area contributed by atoms with Gasteiger partial charge in [0.25, 0.3) is 5.91 Å². The van der Waals surface area contributed by atoms with Crippen molar-refractivity contribution in [3.63, 3.8) is 0 Å². The molecule has 0 unspecified atom stereocenters. The average molecular weight is 532 g/mol. The fourth-order valence-corrected chi connectivity index (χ4v) is 4.86. The van der Waals surface area contributed by atoms with Crippen molar-refractivity contribution in [2.75, 3.05) is 66.1 Å². The van der Waals surface area contributed by atoms with Crippen molar-refractivity contribution in [1.29, 1.82) is 0 Å². The maximum atomic E-state index is 14.0. The molecule has 9 nitrogen and oxygen atoms in total. The van der Waals surface area contributed by atoms with Gasteiger partial charge in [-0.15, -0.1) is 0 Å². The number of fused-ring (bicyclic) bond motifs is 1. The lowest BCUT2D eigenvalue weighted by atomic mass is 10.1. The lowest BCUT2D eigenvalue weighted by molar-refractivity contribution is 0.0985. The van der Waals surface area contributed by atoms with Crippen LogP contribution < -0.4 is 28.6 Å². The summed E-state index contributed by atoms with van der Waals surface area (Å²) in [5.41, 5.74) is 1.18. The molecule has 3 rings (SSSR count). The molecular formula is C27H37N3O6S. The number of hydrogen-bond acceptors (Lipinski definition) is 9. The Morgan fingerprint density at radius 1 is 0.838 bits per heavy atom. The number of amides is 1. The molecule has 202 valence electrons. The first kappa shape index (κ1) is 28.3.